The first-order valence-corrected chi connectivity index (χ1v) is 10.3. The van der Waals surface area contributed by atoms with Crippen LogP contribution < -0.4 is 10.2 Å². The Bertz CT molecular complexity index is 988. The molecule has 0 radical (unpaired) electrons. The Morgan fingerprint density at radius 3 is 2.79 bits per heavy atom. The molecule has 0 fully saturated rings. The molecule has 0 spiro atoms. The van der Waals surface area contributed by atoms with Crippen LogP contribution >= 0.6 is 0 Å². The van der Waals surface area contributed by atoms with Gasteiger partial charge in [-0.15, -0.1) is 0 Å². The van der Waals surface area contributed by atoms with E-state index >= 15 is 4.39 Å². The zero-order valence-electron chi connectivity index (χ0n) is 17.1. The summed E-state index contributed by atoms with van der Waals surface area (Å²) in [6, 6.07) is 3.22. The molecule has 5 nitrogen and oxygen atoms in total. The van der Waals surface area contributed by atoms with Gasteiger partial charge in [-0.3, -0.25) is 14.6 Å². The maximum absolute atomic E-state index is 15.1. The molecule has 1 aliphatic carbocycles. The molecule has 2 atom stereocenters. The van der Waals surface area contributed by atoms with Crippen LogP contribution in [0.3, 0.4) is 0 Å². The Kier molecular flexibility index (Phi) is 5.11. The minimum Gasteiger partial charge on any atom is -0.349 e. The van der Waals surface area contributed by atoms with Crippen molar-refractivity contribution in [3.8, 4) is 11.1 Å². The standard InChI is InChI=1S/C23H26FN3O2/c1-4-21(28)26-23-13(2)5-7-15-17(11-25-12-18(15)23)16-9-14-6-8-22(29)27(3)20(14)10-19(16)24/h9-13,23H,4-8H2,1-3H3,(H,26,28)/t13-,23?/m1/s1. The van der Waals surface area contributed by atoms with Gasteiger partial charge in [0.05, 0.1) is 6.04 Å². The van der Waals surface area contributed by atoms with Crippen LogP contribution in [0.15, 0.2) is 24.5 Å². The molecule has 6 heteroatoms. The Labute approximate surface area is 170 Å². The highest BCUT2D eigenvalue weighted by molar-refractivity contribution is 5.96. The van der Waals surface area contributed by atoms with Gasteiger partial charge in [-0.05, 0) is 54.0 Å². The second kappa shape index (κ2) is 7.58. The van der Waals surface area contributed by atoms with Gasteiger partial charge in [-0.2, -0.15) is 0 Å². The SMILES string of the molecule is CCC(=O)NC1c2cncc(-c3cc4c(cc3F)N(C)C(=O)CC4)c2CC[C@H]1C. The molecule has 2 amide bonds. The second-order valence-electron chi connectivity index (χ2n) is 8.08. The summed E-state index contributed by atoms with van der Waals surface area (Å²) in [5.41, 5.74) is 4.95. The molecule has 152 valence electrons. The van der Waals surface area contributed by atoms with Crippen molar-refractivity contribution in [2.24, 2.45) is 5.92 Å². The van der Waals surface area contributed by atoms with Crippen LogP contribution in [0.4, 0.5) is 10.1 Å². The number of halogens is 1. The molecule has 2 aliphatic rings. The van der Waals surface area contributed by atoms with Gasteiger partial charge in [-0.25, -0.2) is 4.39 Å². The monoisotopic (exact) mass is 395 g/mol. The zero-order chi connectivity index (χ0) is 20.7. The largest absolute Gasteiger partial charge is 0.349 e. The minimum absolute atomic E-state index is 0.00639. The molecule has 1 unspecified atom stereocenters. The number of carbonyl (C=O) groups is 2. The van der Waals surface area contributed by atoms with Gasteiger partial charge in [0.1, 0.15) is 5.82 Å². The number of nitrogens with zero attached hydrogens (tertiary/aromatic N) is 2. The van der Waals surface area contributed by atoms with Crippen molar-refractivity contribution in [3.05, 3.63) is 47.0 Å². The highest BCUT2D eigenvalue weighted by atomic mass is 19.1. The summed E-state index contributed by atoms with van der Waals surface area (Å²) in [7, 11) is 1.69. The Balaban J connectivity index is 1.80. The van der Waals surface area contributed by atoms with E-state index < -0.39 is 0 Å². The number of hydrogen-bond acceptors (Lipinski definition) is 3. The molecule has 1 aliphatic heterocycles. The normalized spacial score (nSPS) is 20.8. The third-order valence-electron chi connectivity index (χ3n) is 6.28. The molecule has 29 heavy (non-hydrogen) atoms. The summed E-state index contributed by atoms with van der Waals surface area (Å²) >= 11 is 0. The zero-order valence-corrected chi connectivity index (χ0v) is 17.1. The number of benzene rings is 1. The van der Waals surface area contributed by atoms with Gasteiger partial charge in [0.25, 0.3) is 0 Å². The fraction of sp³-hybridized carbons (Fsp3) is 0.435. The number of carbonyl (C=O) groups excluding carboxylic acids is 2. The van der Waals surface area contributed by atoms with Crippen molar-refractivity contribution in [1.82, 2.24) is 10.3 Å². The highest BCUT2D eigenvalue weighted by Gasteiger charge is 2.31. The Morgan fingerprint density at radius 1 is 1.24 bits per heavy atom. The molecule has 0 bridgehead atoms. The fourth-order valence-corrected chi connectivity index (χ4v) is 4.49. The molecule has 1 aromatic heterocycles. The van der Waals surface area contributed by atoms with Crippen LogP contribution in [-0.2, 0) is 22.4 Å². The lowest BCUT2D eigenvalue weighted by atomic mass is 9.78. The van der Waals surface area contributed by atoms with E-state index in [1.165, 1.54) is 11.0 Å². The highest BCUT2D eigenvalue weighted by Crippen LogP contribution is 2.41. The number of nitrogens with one attached hydrogen (secondary N) is 1. The van der Waals surface area contributed by atoms with Gasteiger partial charge in [-0.1, -0.05) is 13.8 Å². The molecule has 4 rings (SSSR count). The number of rotatable bonds is 3. The first-order valence-electron chi connectivity index (χ1n) is 10.3. The van der Waals surface area contributed by atoms with Crippen LogP contribution in [0, 0.1) is 11.7 Å². The van der Waals surface area contributed by atoms with Gasteiger partial charge in [0.15, 0.2) is 0 Å². The van der Waals surface area contributed by atoms with Crippen molar-refractivity contribution in [3.63, 3.8) is 0 Å². The number of anilines is 1. The van der Waals surface area contributed by atoms with Crippen LogP contribution in [0.25, 0.3) is 11.1 Å². The lowest BCUT2D eigenvalue weighted by Gasteiger charge is -2.33. The molecule has 0 saturated carbocycles. The molecule has 2 aromatic rings. The number of hydrogen-bond donors (Lipinski definition) is 1. The maximum atomic E-state index is 15.1. The van der Waals surface area contributed by atoms with Gasteiger partial charge < -0.3 is 10.2 Å². The van der Waals surface area contributed by atoms with Crippen molar-refractivity contribution in [2.75, 3.05) is 11.9 Å². The van der Waals surface area contributed by atoms with Crippen molar-refractivity contribution < 1.29 is 14.0 Å². The minimum atomic E-state index is -0.353. The van der Waals surface area contributed by atoms with Crippen molar-refractivity contribution >= 4 is 17.5 Å². The van der Waals surface area contributed by atoms with Gasteiger partial charge >= 0.3 is 0 Å². The van der Waals surface area contributed by atoms with Crippen molar-refractivity contribution in [1.29, 1.82) is 0 Å². The number of aromatic nitrogens is 1. The Hall–Kier alpha value is -2.76. The average Bonchev–Trinajstić information content (AvgIpc) is 2.72. The third kappa shape index (κ3) is 3.41. The Morgan fingerprint density at radius 2 is 2.03 bits per heavy atom. The molecular formula is C23H26FN3O2. The number of aryl methyl sites for hydroxylation is 1. The summed E-state index contributed by atoms with van der Waals surface area (Å²) < 4.78 is 15.1. The topological polar surface area (TPSA) is 62.3 Å². The predicted molar refractivity (Wildman–Crippen MR) is 110 cm³/mol. The maximum Gasteiger partial charge on any atom is 0.227 e. The molecule has 0 saturated heterocycles. The molecule has 1 aromatic carbocycles. The molecule has 2 heterocycles. The average molecular weight is 395 g/mol. The quantitative estimate of drug-likeness (QED) is 0.856. The van der Waals surface area contributed by atoms with E-state index in [1.54, 1.807) is 19.4 Å². The van der Waals surface area contributed by atoms with E-state index in [-0.39, 0.29) is 23.7 Å². The predicted octanol–water partition coefficient (Wildman–Crippen LogP) is 3.95. The van der Waals surface area contributed by atoms with E-state index in [2.05, 4.69) is 17.2 Å². The summed E-state index contributed by atoms with van der Waals surface area (Å²) in [4.78, 5) is 29.9. The molecular weight excluding hydrogens is 369 g/mol. The van der Waals surface area contributed by atoms with Gasteiger partial charge in [0.2, 0.25) is 11.8 Å². The van der Waals surface area contributed by atoms with Gasteiger partial charge in [0, 0.05) is 49.1 Å². The van der Waals surface area contributed by atoms with Crippen LogP contribution in [-0.4, -0.2) is 23.8 Å². The summed E-state index contributed by atoms with van der Waals surface area (Å²) in [6.45, 7) is 3.96. The van der Waals surface area contributed by atoms with E-state index in [1.807, 2.05) is 13.0 Å². The fourth-order valence-electron chi connectivity index (χ4n) is 4.49. The summed E-state index contributed by atoms with van der Waals surface area (Å²) in [6.07, 6.45) is 6.73. The summed E-state index contributed by atoms with van der Waals surface area (Å²) in [5.74, 6) is -0.0453. The number of pyridine rings is 1. The second-order valence-corrected chi connectivity index (χ2v) is 8.08. The van der Waals surface area contributed by atoms with E-state index in [0.29, 0.717) is 36.4 Å². The lowest BCUT2D eigenvalue weighted by Crippen LogP contribution is -2.35. The smallest absolute Gasteiger partial charge is 0.227 e. The van der Waals surface area contributed by atoms with Crippen molar-refractivity contribution in [2.45, 2.75) is 52.0 Å². The number of fused-ring (bicyclic) bond motifs is 2. The van der Waals surface area contributed by atoms with Crippen LogP contribution in [0.5, 0.6) is 0 Å². The van der Waals surface area contributed by atoms with Crippen LogP contribution in [0.2, 0.25) is 0 Å². The van der Waals surface area contributed by atoms with E-state index in [9.17, 15) is 9.59 Å². The summed E-state index contributed by atoms with van der Waals surface area (Å²) in [5, 5.41) is 3.11. The number of amides is 2. The van der Waals surface area contributed by atoms with Crippen LogP contribution in [0.1, 0.15) is 55.8 Å². The third-order valence-corrected chi connectivity index (χ3v) is 6.28. The van der Waals surface area contributed by atoms with E-state index in [4.69, 9.17) is 0 Å². The van der Waals surface area contributed by atoms with E-state index in [0.717, 1.165) is 35.1 Å². The lowest BCUT2D eigenvalue weighted by molar-refractivity contribution is -0.122. The first-order chi connectivity index (χ1) is 13.9. The first kappa shape index (κ1) is 19.6. The molecule has 1 N–H and O–H groups in total.